The fourth-order valence-corrected chi connectivity index (χ4v) is 4.17. The maximum Gasteiger partial charge on any atom is 0.318 e. The lowest BCUT2D eigenvalue weighted by molar-refractivity contribution is 0.130. The number of aryl methyl sites for hydroxylation is 2. The van der Waals surface area contributed by atoms with Crippen LogP contribution >= 0.6 is 11.3 Å². The molecule has 1 saturated heterocycles. The van der Waals surface area contributed by atoms with E-state index in [0.29, 0.717) is 6.42 Å². The Kier molecular flexibility index (Phi) is 5.65. The lowest BCUT2D eigenvalue weighted by atomic mass is 10.00. The fraction of sp³-hybridized carbons (Fsp3) is 0.688. The van der Waals surface area contributed by atoms with Crippen molar-refractivity contribution in [1.29, 1.82) is 0 Å². The van der Waals surface area contributed by atoms with Gasteiger partial charge in [-0.2, -0.15) is 0 Å². The third-order valence-electron chi connectivity index (χ3n) is 4.24. The van der Waals surface area contributed by atoms with Crippen molar-refractivity contribution >= 4 is 17.4 Å². The molecule has 118 valence electrons. The Morgan fingerprint density at radius 1 is 1.52 bits per heavy atom. The molecule has 1 fully saturated rings. The summed E-state index contributed by atoms with van der Waals surface area (Å²) in [6.07, 6.45) is 3.88. The predicted molar refractivity (Wildman–Crippen MR) is 86.8 cm³/mol. The Morgan fingerprint density at radius 3 is 2.90 bits per heavy atom. The first-order valence-corrected chi connectivity index (χ1v) is 8.59. The van der Waals surface area contributed by atoms with Gasteiger partial charge in [0.2, 0.25) is 0 Å². The van der Waals surface area contributed by atoms with Gasteiger partial charge in [0.25, 0.3) is 0 Å². The summed E-state index contributed by atoms with van der Waals surface area (Å²) in [5.41, 5.74) is 1.21. The van der Waals surface area contributed by atoms with Crippen LogP contribution in [0.3, 0.4) is 0 Å². The Labute approximate surface area is 131 Å². The molecule has 5 heteroatoms. The summed E-state index contributed by atoms with van der Waals surface area (Å²) >= 11 is 1.77. The summed E-state index contributed by atoms with van der Waals surface area (Å²) in [6.45, 7) is 7.18. The van der Waals surface area contributed by atoms with E-state index in [1.807, 2.05) is 11.8 Å². The standard InChI is InChI=1S/C16H26N2O2S/c1-11-10-15(13(3)21-11)12(2)17-16(20)18-8-5-4-6-14(18)7-9-19/h10,12,14,19H,4-9H2,1-3H3,(H,17,20)/t12-,14+/m0/s1. The van der Waals surface area contributed by atoms with Crippen LogP contribution in [0.2, 0.25) is 0 Å². The third-order valence-corrected chi connectivity index (χ3v) is 5.22. The molecule has 0 aliphatic carbocycles. The van der Waals surface area contributed by atoms with Crippen molar-refractivity contribution in [1.82, 2.24) is 10.2 Å². The second-order valence-electron chi connectivity index (χ2n) is 5.90. The van der Waals surface area contributed by atoms with Crippen LogP contribution in [-0.4, -0.2) is 35.2 Å². The first-order chi connectivity index (χ1) is 10.0. The molecule has 2 rings (SSSR count). The van der Waals surface area contributed by atoms with Crippen LogP contribution in [0.5, 0.6) is 0 Å². The minimum absolute atomic E-state index is 0.00361. The Morgan fingerprint density at radius 2 is 2.29 bits per heavy atom. The molecule has 0 radical (unpaired) electrons. The zero-order valence-corrected chi connectivity index (χ0v) is 14.0. The molecule has 0 aromatic carbocycles. The summed E-state index contributed by atoms with van der Waals surface area (Å²) in [5.74, 6) is 0. The Bertz CT molecular complexity index is 485. The topological polar surface area (TPSA) is 52.6 Å². The molecule has 2 heterocycles. The summed E-state index contributed by atoms with van der Waals surface area (Å²) in [4.78, 5) is 17.0. The number of hydrogen-bond donors (Lipinski definition) is 2. The molecular formula is C16H26N2O2S. The number of rotatable bonds is 4. The molecule has 0 unspecified atom stereocenters. The normalized spacial score (nSPS) is 20.4. The van der Waals surface area contributed by atoms with Gasteiger partial charge in [-0.15, -0.1) is 11.3 Å². The Hall–Kier alpha value is -1.07. The van der Waals surface area contributed by atoms with E-state index in [1.165, 1.54) is 15.3 Å². The van der Waals surface area contributed by atoms with Crippen molar-refractivity contribution < 1.29 is 9.90 Å². The number of amides is 2. The largest absolute Gasteiger partial charge is 0.396 e. The maximum atomic E-state index is 12.5. The van der Waals surface area contributed by atoms with E-state index in [1.54, 1.807) is 11.3 Å². The first-order valence-electron chi connectivity index (χ1n) is 7.78. The minimum atomic E-state index is 0.00361. The molecule has 4 nitrogen and oxygen atoms in total. The SMILES string of the molecule is Cc1cc([C@H](C)NC(=O)N2CCCC[C@@H]2CCO)c(C)s1. The fourth-order valence-electron chi connectivity index (χ4n) is 3.14. The monoisotopic (exact) mass is 310 g/mol. The summed E-state index contributed by atoms with van der Waals surface area (Å²) in [7, 11) is 0. The first kappa shape index (κ1) is 16.3. The summed E-state index contributed by atoms with van der Waals surface area (Å²) < 4.78 is 0. The van der Waals surface area contributed by atoms with Gasteiger partial charge in [-0.3, -0.25) is 0 Å². The zero-order valence-electron chi connectivity index (χ0n) is 13.2. The van der Waals surface area contributed by atoms with Crippen LogP contribution < -0.4 is 5.32 Å². The molecule has 0 bridgehead atoms. The number of carbonyl (C=O) groups excluding carboxylic acids is 1. The van der Waals surface area contributed by atoms with Crippen molar-refractivity contribution in [2.75, 3.05) is 13.2 Å². The number of likely N-dealkylation sites (tertiary alicyclic amines) is 1. The van der Waals surface area contributed by atoms with Gasteiger partial charge in [-0.25, -0.2) is 4.79 Å². The average Bonchev–Trinajstić information content (AvgIpc) is 2.78. The van der Waals surface area contributed by atoms with Crippen LogP contribution in [-0.2, 0) is 0 Å². The van der Waals surface area contributed by atoms with Gasteiger partial charge in [0.1, 0.15) is 0 Å². The number of carbonyl (C=O) groups is 1. The van der Waals surface area contributed by atoms with E-state index in [4.69, 9.17) is 5.11 Å². The lowest BCUT2D eigenvalue weighted by Crippen LogP contribution is -2.49. The van der Waals surface area contributed by atoms with E-state index in [-0.39, 0.29) is 24.7 Å². The highest BCUT2D eigenvalue weighted by molar-refractivity contribution is 7.12. The van der Waals surface area contributed by atoms with Crippen LogP contribution in [0, 0.1) is 13.8 Å². The molecule has 0 spiro atoms. The number of nitrogens with zero attached hydrogens (tertiary/aromatic N) is 1. The molecule has 21 heavy (non-hydrogen) atoms. The van der Waals surface area contributed by atoms with E-state index < -0.39 is 0 Å². The van der Waals surface area contributed by atoms with E-state index in [9.17, 15) is 4.79 Å². The molecule has 2 atom stereocenters. The second-order valence-corrected chi connectivity index (χ2v) is 7.36. The van der Waals surface area contributed by atoms with E-state index in [0.717, 1.165) is 25.8 Å². The Balaban J connectivity index is 2.00. The molecule has 1 aliphatic rings. The van der Waals surface area contributed by atoms with Gasteiger partial charge < -0.3 is 15.3 Å². The van der Waals surface area contributed by atoms with Crippen molar-refractivity contribution in [3.05, 3.63) is 21.4 Å². The smallest absolute Gasteiger partial charge is 0.318 e. The van der Waals surface area contributed by atoms with Crippen LogP contribution in [0.4, 0.5) is 4.79 Å². The van der Waals surface area contributed by atoms with Gasteiger partial charge in [0.05, 0.1) is 6.04 Å². The van der Waals surface area contributed by atoms with Gasteiger partial charge in [0, 0.05) is 28.9 Å². The molecule has 1 aromatic heterocycles. The van der Waals surface area contributed by atoms with Crippen molar-refractivity contribution in [3.8, 4) is 0 Å². The van der Waals surface area contributed by atoms with Gasteiger partial charge >= 0.3 is 6.03 Å². The van der Waals surface area contributed by atoms with Crippen molar-refractivity contribution in [3.63, 3.8) is 0 Å². The molecule has 1 aromatic rings. The van der Waals surface area contributed by atoms with Gasteiger partial charge in [-0.1, -0.05) is 0 Å². The molecular weight excluding hydrogens is 284 g/mol. The lowest BCUT2D eigenvalue weighted by Gasteiger charge is -2.36. The number of nitrogens with one attached hydrogen (secondary N) is 1. The third kappa shape index (κ3) is 3.98. The quantitative estimate of drug-likeness (QED) is 0.896. The number of thiophene rings is 1. The number of aliphatic hydroxyl groups is 1. The molecule has 2 amide bonds. The zero-order chi connectivity index (χ0) is 15.4. The number of hydrogen-bond acceptors (Lipinski definition) is 3. The number of aliphatic hydroxyl groups excluding tert-OH is 1. The number of piperidine rings is 1. The number of urea groups is 1. The predicted octanol–water partition coefficient (Wildman–Crippen LogP) is 3.37. The minimum Gasteiger partial charge on any atom is -0.396 e. The van der Waals surface area contributed by atoms with Crippen molar-refractivity contribution in [2.24, 2.45) is 0 Å². The maximum absolute atomic E-state index is 12.5. The van der Waals surface area contributed by atoms with Crippen LogP contribution in [0.1, 0.15) is 54.0 Å². The molecule has 2 N–H and O–H groups in total. The highest BCUT2D eigenvalue weighted by atomic mass is 32.1. The summed E-state index contributed by atoms with van der Waals surface area (Å²) in [6, 6.07) is 2.37. The highest BCUT2D eigenvalue weighted by Gasteiger charge is 2.27. The van der Waals surface area contributed by atoms with E-state index in [2.05, 4.69) is 25.2 Å². The van der Waals surface area contributed by atoms with Crippen LogP contribution in [0.25, 0.3) is 0 Å². The van der Waals surface area contributed by atoms with E-state index >= 15 is 0 Å². The van der Waals surface area contributed by atoms with Gasteiger partial charge in [-0.05, 0) is 58.1 Å². The van der Waals surface area contributed by atoms with Gasteiger partial charge in [0.15, 0.2) is 0 Å². The summed E-state index contributed by atoms with van der Waals surface area (Å²) in [5, 5.41) is 12.3. The van der Waals surface area contributed by atoms with Crippen LogP contribution in [0.15, 0.2) is 6.07 Å². The molecule has 1 aliphatic heterocycles. The van der Waals surface area contributed by atoms with Crippen molar-refractivity contribution in [2.45, 2.75) is 58.5 Å². The molecule has 0 saturated carbocycles. The second kappa shape index (κ2) is 7.27. The average molecular weight is 310 g/mol. The highest BCUT2D eigenvalue weighted by Crippen LogP contribution is 2.27.